The van der Waals surface area contributed by atoms with Crippen LogP contribution >= 0.6 is 0 Å². The van der Waals surface area contributed by atoms with Crippen molar-refractivity contribution in [3.63, 3.8) is 0 Å². The highest BCUT2D eigenvalue weighted by Crippen LogP contribution is 2.30. The Morgan fingerprint density at radius 1 is 0.455 bits per heavy atom. The van der Waals surface area contributed by atoms with Crippen molar-refractivity contribution in [1.82, 2.24) is 9.97 Å². The van der Waals surface area contributed by atoms with Gasteiger partial charge in [0.05, 0.1) is 59.5 Å². The Morgan fingerprint density at radius 3 is 1.15 bits per heavy atom. The molecule has 5 rings (SSSR count). The molecule has 346 valence electrons. The SMILES string of the molecule is CCCCCCCCCCOc1cc(C#Cc2ccc(C=Nc3ccc(N(C)C)cc3)nc2)c(OCCCCCCCCCC)cc1C#Cc1ccc(C=Nc2ccc(N(C)C)cc2)nc1. The maximum atomic E-state index is 6.54. The lowest BCUT2D eigenvalue weighted by atomic mass is 10.1. The Hall–Kier alpha value is -6.38. The Morgan fingerprint density at radius 2 is 0.818 bits per heavy atom. The number of rotatable bonds is 26. The van der Waals surface area contributed by atoms with Gasteiger partial charge < -0.3 is 19.3 Å². The number of nitrogens with zero attached hydrogens (tertiary/aromatic N) is 6. The van der Waals surface area contributed by atoms with Crippen molar-refractivity contribution >= 4 is 35.2 Å². The number of hydrogen-bond acceptors (Lipinski definition) is 8. The molecule has 0 aliphatic carbocycles. The molecule has 0 amide bonds. The van der Waals surface area contributed by atoms with E-state index in [-0.39, 0.29) is 0 Å². The Labute approximate surface area is 397 Å². The highest BCUT2D eigenvalue weighted by Gasteiger charge is 2.12. The van der Waals surface area contributed by atoms with E-state index in [0.29, 0.717) is 24.7 Å². The fourth-order valence-corrected chi connectivity index (χ4v) is 7.18. The van der Waals surface area contributed by atoms with Crippen molar-refractivity contribution in [3.8, 4) is 35.2 Å². The number of pyridine rings is 2. The highest BCUT2D eigenvalue weighted by atomic mass is 16.5. The lowest BCUT2D eigenvalue weighted by Gasteiger charge is -2.14. The van der Waals surface area contributed by atoms with Gasteiger partial charge in [0.25, 0.3) is 0 Å². The van der Waals surface area contributed by atoms with Gasteiger partial charge in [-0.15, -0.1) is 0 Å². The molecule has 0 radical (unpaired) electrons. The number of ether oxygens (including phenoxy) is 2. The number of hydrogen-bond donors (Lipinski definition) is 0. The maximum absolute atomic E-state index is 6.54. The molecule has 0 fully saturated rings. The second-order valence-corrected chi connectivity index (χ2v) is 17.3. The average Bonchev–Trinajstić information content (AvgIpc) is 3.34. The minimum Gasteiger partial charge on any atom is -0.492 e. The van der Waals surface area contributed by atoms with E-state index in [9.17, 15) is 0 Å². The number of aromatic nitrogens is 2. The van der Waals surface area contributed by atoms with Crippen LogP contribution in [0.15, 0.2) is 107 Å². The minimum atomic E-state index is 0.606. The van der Waals surface area contributed by atoms with Crippen LogP contribution in [0.3, 0.4) is 0 Å². The lowest BCUT2D eigenvalue weighted by molar-refractivity contribution is 0.295. The van der Waals surface area contributed by atoms with Crippen LogP contribution in [-0.2, 0) is 0 Å². The van der Waals surface area contributed by atoms with Crippen LogP contribution in [0.2, 0.25) is 0 Å². The summed E-state index contributed by atoms with van der Waals surface area (Å²) in [6, 6.07) is 28.1. The number of benzene rings is 3. The van der Waals surface area contributed by atoms with E-state index in [0.717, 1.165) is 82.1 Å². The zero-order chi connectivity index (χ0) is 46.6. The van der Waals surface area contributed by atoms with Crippen LogP contribution in [0.1, 0.15) is 150 Å². The molecule has 0 N–H and O–H groups in total. The summed E-state index contributed by atoms with van der Waals surface area (Å²) < 4.78 is 13.1. The fraction of sp³-hybridized carbons (Fsp3) is 0.414. The highest BCUT2D eigenvalue weighted by molar-refractivity contribution is 5.80. The van der Waals surface area contributed by atoms with Crippen LogP contribution in [-0.4, -0.2) is 63.8 Å². The van der Waals surface area contributed by atoms with E-state index in [1.165, 1.54) is 77.0 Å². The van der Waals surface area contributed by atoms with Gasteiger partial charge in [-0.25, -0.2) is 0 Å². The fourth-order valence-electron chi connectivity index (χ4n) is 7.18. The summed E-state index contributed by atoms with van der Waals surface area (Å²) in [7, 11) is 8.11. The monoisotopic (exact) mass is 885 g/mol. The van der Waals surface area contributed by atoms with E-state index in [4.69, 9.17) is 9.47 Å². The van der Waals surface area contributed by atoms with Crippen LogP contribution in [0.25, 0.3) is 0 Å². The molecule has 0 unspecified atom stereocenters. The van der Waals surface area contributed by atoms with Crippen molar-refractivity contribution < 1.29 is 9.47 Å². The average molecular weight is 885 g/mol. The van der Waals surface area contributed by atoms with Crippen LogP contribution in [0.4, 0.5) is 22.7 Å². The largest absolute Gasteiger partial charge is 0.492 e. The first kappa shape index (κ1) is 50.6. The summed E-state index contributed by atoms with van der Waals surface area (Å²) in [5, 5.41) is 0. The zero-order valence-electron chi connectivity index (χ0n) is 40.6. The van der Waals surface area contributed by atoms with Gasteiger partial charge in [-0.1, -0.05) is 127 Å². The van der Waals surface area contributed by atoms with E-state index in [2.05, 4.69) is 91.5 Å². The molecule has 8 heteroatoms. The topological polar surface area (TPSA) is 75.4 Å². The van der Waals surface area contributed by atoms with Gasteiger partial charge in [-0.3, -0.25) is 20.0 Å². The molecule has 2 heterocycles. The molecule has 0 saturated heterocycles. The van der Waals surface area contributed by atoms with E-state index >= 15 is 0 Å². The molecule has 0 saturated carbocycles. The molecule has 0 aliphatic rings. The second-order valence-electron chi connectivity index (χ2n) is 17.3. The third-order valence-corrected chi connectivity index (χ3v) is 11.3. The summed E-state index contributed by atoms with van der Waals surface area (Å²) in [5.74, 6) is 14.9. The van der Waals surface area contributed by atoms with Crippen LogP contribution in [0, 0.1) is 23.7 Å². The Bertz CT molecular complexity index is 2180. The second kappa shape index (κ2) is 29.2. The first-order valence-corrected chi connectivity index (χ1v) is 24.3. The van der Waals surface area contributed by atoms with Crippen LogP contribution < -0.4 is 19.3 Å². The molecule has 0 spiro atoms. The van der Waals surface area contributed by atoms with Crippen molar-refractivity contribution in [2.75, 3.05) is 51.2 Å². The summed E-state index contributed by atoms with van der Waals surface area (Å²) in [4.78, 5) is 22.6. The molecule has 2 aromatic heterocycles. The first-order valence-electron chi connectivity index (χ1n) is 24.3. The normalized spacial score (nSPS) is 11.0. The number of anilines is 2. The third-order valence-electron chi connectivity index (χ3n) is 11.3. The molecule has 3 aromatic carbocycles. The molecular weight excluding hydrogens is 813 g/mol. The maximum Gasteiger partial charge on any atom is 0.136 e. The molecule has 5 aromatic rings. The molecule has 8 nitrogen and oxygen atoms in total. The predicted octanol–water partition coefficient (Wildman–Crippen LogP) is 13.9. The Balaban J connectivity index is 1.36. The summed E-state index contributed by atoms with van der Waals surface area (Å²) in [6.45, 7) is 5.74. The van der Waals surface area contributed by atoms with Crippen molar-refractivity contribution in [1.29, 1.82) is 0 Å². The van der Waals surface area contributed by atoms with Crippen LogP contribution in [0.5, 0.6) is 11.5 Å². The van der Waals surface area contributed by atoms with Gasteiger partial charge in [-0.2, -0.15) is 0 Å². The van der Waals surface area contributed by atoms with Crippen molar-refractivity contribution in [3.05, 3.63) is 131 Å². The number of aliphatic imine (C=N–C) groups is 2. The first-order chi connectivity index (χ1) is 32.3. The van der Waals surface area contributed by atoms with Gasteiger partial charge in [0, 0.05) is 75.2 Å². The molecule has 0 aliphatic heterocycles. The smallest absolute Gasteiger partial charge is 0.136 e. The minimum absolute atomic E-state index is 0.606. The summed E-state index contributed by atoms with van der Waals surface area (Å²) >= 11 is 0. The summed E-state index contributed by atoms with van der Waals surface area (Å²) in [5.41, 5.74) is 8.64. The molecule has 66 heavy (non-hydrogen) atoms. The quantitative estimate of drug-likeness (QED) is 0.0313. The molecular formula is C58H72N6O2. The standard InChI is InChI=1S/C58H72N6O2/c1-7-9-11-13-15-17-19-21-39-65-57-41-50(28-24-48-26-30-54(60-44-48)46-62-52-33-37-56(38-34-52)64(5)6)58(66-40-22-20-18-16-14-12-10-8-2)42-49(57)27-23-47-25-29-53(59-43-47)45-61-51-31-35-55(36-32-51)63(3)4/h25-26,29-38,41-46H,7-22,39-40H2,1-6H3. The van der Waals surface area contributed by atoms with Crippen molar-refractivity contribution in [2.24, 2.45) is 9.98 Å². The van der Waals surface area contributed by atoms with Gasteiger partial charge in [0.1, 0.15) is 11.5 Å². The van der Waals surface area contributed by atoms with Gasteiger partial charge in [0.2, 0.25) is 0 Å². The number of unbranched alkanes of at least 4 members (excludes halogenated alkanes) is 14. The van der Waals surface area contributed by atoms with Gasteiger partial charge >= 0.3 is 0 Å². The molecule has 0 atom stereocenters. The lowest BCUT2D eigenvalue weighted by Crippen LogP contribution is -2.07. The zero-order valence-corrected chi connectivity index (χ0v) is 40.6. The van der Waals surface area contributed by atoms with Crippen molar-refractivity contribution in [2.45, 2.75) is 117 Å². The summed E-state index contributed by atoms with van der Waals surface area (Å²) in [6.07, 6.45) is 26.8. The Kier molecular flexibility index (Phi) is 22.4. The third kappa shape index (κ3) is 18.6. The van der Waals surface area contributed by atoms with Gasteiger partial charge in [-0.05, 0) is 85.6 Å². The predicted molar refractivity (Wildman–Crippen MR) is 279 cm³/mol. The van der Waals surface area contributed by atoms with E-state index in [1.54, 1.807) is 24.8 Å². The van der Waals surface area contributed by atoms with E-state index < -0.39 is 0 Å². The molecule has 0 bridgehead atoms. The van der Waals surface area contributed by atoms with Gasteiger partial charge in [0.15, 0.2) is 0 Å². The van der Waals surface area contributed by atoms with E-state index in [1.807, 2.05) is 88.9 Å².